The van der Waals surface area contributed by atoms with E-state index in [2.05, 4.69) is 16.0 Å². The number of imidazole rings is 1. The maximum atomic E-state index is 5.53. The minimum atomic E-state index is 0. The Balaban J connectivity index is 0.00000205. The van der Waals surface area contributed by atoms with Crippen molar-refractivity contribution in [3.05, 3.63) is 60.1 Å². The van der Waals surface area contributed by atoms with Crippen LogP contribution in [-0.4, -0.2) is 33.4 Å². The fourth-order valence-electron chi connectivity index (χ4n) is 3.15. The molecule has 148 valence electrons. The number of hydrogen-bond acceptors (Lipinski definition) is 7. The zero-order chi connectivity index (χ0) is 19.1. The van der Waals surface area contributed by atoms with Crippen molar-refractivity contribution in [3.8, 4) is 27.9 Å². The van der Waals surface area contributed by atoms with Crippen LogP contribution in [0.4, 0.5) is 11.5 Å². The molecule has 0 unspecified atom stereocenters. The van der Waals surface area contributed by atoms with Crippen molar-refractivity contribution >= 4 is 35.2 Å². The molecule has 4 heterocycles. The summed E-state index contributed by atoms with van der Waals surface area (Å²) >= 11 is 1.66. The Morgan fingerprint density at radius 3 is 2.76 bits per heavy atom. The molecule has 0 radical (unpaired) electrons. The molecule has 1 aliphatic heterocycles. The van der Waals surface area contributed by atoms with E-state index in [1.807, 2.05) is 65.5 Å². The lowest BCUT2D eigenvalue weighted by Crippen LogP contribution is -2.15. The van der Waals surface area contributed by atoms with Crippen LogP contribution in [0, 0.1) is 6.92 Å². The minimum absolute atomic E-state index is 0. The van der Waals surface area contributed by atoms with Crippen LogP contribution in [0.5, 0.6) is 11.5 Å². The van der Waals surface area contributed by atoms with E-state index < -0.39 is 0 Å². The highest BCUT2D eigenvalue weighted by atomic mass is 35.5. The Bertz CT molecular complexity index is 1150. The molecule has 0 aliphatic carbocycles. The highest BCUT2D eigenvalue weighted by molar-refractivity contribution is 7.13. The smallest absolute Gasteiger partial charge is 0.237 e. The molecule has 5 rings (SSSR count). The first kappa shape index (κ1) is 19.2. The van der Waals surface area contributed by atoms with Crippen molar-refractivity contribution in [2.24, 2.45) is 0 Å². The summed E-state index contributed by atoms with van der Waals surface area (Å²) in [5.41, 5.74) is 1.92. The Morgan fingerprint density at radius 2 is 2.00 bits per heavy atom. The molecule has 7 nitrogen and oxygen atoms in total. The first-order valence-electron chi connectivity index (χ1n) is 8.75. The van der Waals surface area contributed by atoms with Gasteiger partial charge in [0.2, 0.25) is 12.7 Å². The second-order valence-electron chi connectivity index (χ2n) is 6.33. The molecule has 3 aromatic heterocycles. The third-order valence-electron chi connectivity index (χ3n) is 4.64. The van der Waals surface area contributed by atoms with Gasteiger partial charge in [-0.15, -0.1) is 23.7 Å². The van der Waals surface area contributed by atoms with Crippen molar-refractivity contribution in [1.29, 1.82) is 0 Å². The fraction of sp³-hybridized carbons (Fsp3) is 0.150. The average molecular weight is 428 g/mol. The van der Waals surface area contributed by atoms with Crippen molar-refractivity contribution in [2.75, 3.05) is 18.7 Å². The maximum absolute atomic E-state index is 5.53. The van der Waals surface area contributed by atoms with Gasteiger partial charge in [0.25, 0.3) is 0 Å². The molecule has 0 atom stereocenters. The van der Waals surface area contributed by atoms with Gasteiger partial charge in [-0.05, 0) is 30.5 Å². The highest BCUT2D eigenvalue weighted by Gasteiger charge is 2.20. The summed E-state index contributed by atoms with van der Waals surface area (Å²) in [5.74, 6) is 3.72. The third kappa shape index (κ3) is 3.41. The van der Waals surface area contributed by atoms with Crippen LogP contribution >= 0.6 is 23.7 Å². The fourth-order valence-corrected chi connectivity index (χ4v) is 3.88. The number of benzene rings is 1. The lowest BCUT2D eigenvalue weighted by molar-refractivity contribution is 0.174. The maximum Gasteiger partial charge on any atom is 0.237 e. The number of halogens is 1. The molecule has 0 spiro atoms. The summed E-state index contributed by atoms with van der Waals surface area (Å²) in [7, 11) is 1.99. The number of anilines is 2. The molecular weight excluding hydrogens is 410 g/mol. The van der Waals surface area contributed by atoms with E-state index in [4.69, 9.17) is 14.5 Å². The van der Waals surface area contributed by atoms with Gasteiger partial charge in [0.15, 0.2) is 11.5 Å². The number of hydrogen-bond donors (Lipinski definition) is 0. The van der Waals surface area contributed by atoms with E-state index in [-0.39, 0.29) is 19.2 Å². The van der Waals surface area contributed by atoms with E-state index in [9.17, 15) is 0 Å². The van der Waals surface area contributed by atoms with E-state index >= 15 is 0 Å². The molecule has 29 heavy (non-hydrogen) atoms. The van der Waals surface area contributed by atoms with Crippen molar-refractivity contribution in [1.82, 2.24) is 19.5 Å². The molecule has 0 N–H and O–H groups in total. The Hall–Kier alpha value is -3.10. The average Bonchev–Trinajstić information content (AvgIpc) is 3.47. The van der Waals surface area contributed by atoms with Crippen molar-refractivity contribution in [3.63, 3.8) is 0 Å². The molecule has 0 saturated heterocycles. The van der Waals surface area contributed by atoms with Crippen LogP contribution in [-0.2, 0) is 0 Å². The topological polar surface area (TPSA) is 65.3 Å². The Labute approximate surface area is 178 Å². The van der Waals surface area contributed by atoms with E-state index in [1.165, 1.54) is 0 Å². The van der Waals surface area contributed by atoms with Gasteiger partial charge in [-0.2, -0.15) is 4.98 Å². The number of aromatic nitrogens is 4. The number of nitrogens with zero attached hydrogens (tertiary/aromatic N) is 5. The van der Waals surface area contributed by atoms with E-state index in [0.29, 0.717) is 5.95 Å². The first-order valence-corrected chi connectivity index (χ1v) is 9.63. The van der Waals surface area contributed by atoms with E-state index in [0.717, 1.165) is 39.3 Å². The van der Waals surface area contributed by atoms with Crippen molar-refractivity contribution in [2.45, 2.75) is 6.92 Å². The van der Waals surface area contributed by atoms with Gasteiger partial charge >= 0.3 is 0 Å². The molecule has 0 amide bonds. The number of fused-ring (bicyclic) bond motifs is 1. The van der Waals surface area contributed by atoms with Gasteiger partial charge in [-0.1, -0.05) is 6.07 Å². The molecular formula is C20H18ClN5O2S. The van der Waals surface area contributed by atoms with Gasteiger partial charge < -0.3 is 14.4 Å². The lowest BCUT2D eigenvalue weighted by Gasteiger charge is -2.22. The monoisotopic (exact) mass is 427 g/mol. The van der Waals surface area contributed by atoms with E-state index in [1.54, 1.807) is 17.5 Å². The Morgan fingerprint density at radius 1 is 1.14 bits per heavy atom. The minimum Gasteiger partial charge on any atom is -0.454 e. The standard InChI is InChI=1S/C20H17N5O2S.ClH/c1-13-21-7-8-25(13)20-22-11-15(18-4-3-9-28-18)19(23-20)24(2)14-5-6-16-17(10-14)27-12-26-16;/h3-11H,12H2,1-2H3;1H. The second kappa shape index (κ2) is 7.73. The molecule has 4 aromatic rings. The first-order chi connectivity index (χ1) is 13.7. The van der Waals surface area contributed by atoms with Crippen LogP contribution in [0.15, 0.2) is 54.3 Å². The number of thiophene rings is 1. The molecule has 0 fully saturated rings. The summed E-state index contributed by atoms with van der Waals surface area (Å²) in [4.78, 5) is 16.9. The number of rotatable bonds is 4. The molecule has 0 bridgehead atoms. The molecule has 0 saturated carbocycles. The predicted molar refractivity (Wildman–Crippen MR) is 115 cm³/mol. The number of aryl methyl sites for hydroxylation is 1. The third-order valence-corrected chi connectivity index (χ3v) is 5.55. The molecule has 9 heteroatoms. The zero-order valence-electron chi connectivity index (χ0n) is 15.8. The number of ether oxygens (including phenoxy) is 2. The summed E-state index contributed by atoms with van der Waals surface area (Å²) in [6.07, 6.45) is 5.47. The van der Waals surface area contributed by atoms with Crippen LogP contribution in [0.3, 0.4) is 0 Å². The normalized spacial score (nSPS) is 11.9. The summed E-state index contributed by atoms with van der Waals surface area (Å²) < 4.78 is 12.8. The van der Waals surface area contributed by atoms with Gasteiger partial charge in [-0.25, -0.2) is 9.97 Å². The quantitative estimate of drug-likeness (QED) is 0.473. The highest BCUT2D eigenvalue weighted by Crippen LogP contribution is 2.39. The lowest BCUT2D eigenvalue weighted by atomic mass is 10.2. The molecule has 1 aromatic carbocycles. The summed E-state index contributed by atoms with van der Waals surface area (Å²) in [6.45, 7) is 2.18. The summed E-state index contributed by atoms with van der Waals surface area (Å²) in [5, 5.41) is 2.05. The van der Waals surface area contributed by atoms with Crippen LogP contribution in [0.25, 0.3) is 16.4 Å². The van der Waals surface area contributed by atoms with Gasteiger partial charge in [-0.3, -0.25) is 4.57 Å². The Kier molecular flexibility index (Phi) is 5.12. The largest absolute Gasteiger partial charge is 0.454 e. The predicted octanol–water partition coefficient (Wildman–Crippen LogP) is 4.62. The van der Waals surface area contributed by atoms with Crippen LogP contribution in [0.1, 0.15) is 5.82 Å². The van der Waals surface area contributed by atoms with Crippen LogP contribution in [0.2, 0.25) is 0 Å². The second-order valence-corrected chi connectivity index (χ2v) is 7.27. The van der Waals surface area contributed by atoms with Gasteiger partial charge in [0, 0.05) is 42.3 Å². The van der Waals surface area contributed by atoms with Crippen LogP contribution < -0.4 is 14.4 Å². The van der Waals surface area contributed by atoms with Gasteiger partial charge in [0.1, 0.15) is 11.6 Å². The van der Waals surface area contributed by atoms with Crippen molar-refractivity contribution < 1.29 is 9.47 Å². The zero-order valence-corrected chi connectivity index (χ0v) is 17.4. The van der Waals surface area contributed by atoms with Gasteiger partial charge in [0.05, 0.1) is 5.56 Å². The SMILES string of the molecule is Cc1nccn1-c1ncc(-c2cccs2)c(N(C)c2ccc3c(c2)OCO3)n1.Cl. The molecule has 1 aliphatic rings. The summed E-state index contributed by atoms with van der Waals surface area (Å²) in [6, 6.07) is 9.97.